The monoisotopic (exact) mass is 480 g/mol. The number of nitrogens with zero attached hydrogens (tertiary/aromatic N) is 2. The summed E-state index contributed by atoms with van der Waals surface area (Å²) >= 11 is 6.09. The van der Waals surface area contributed by atoms with Crippen LogP contribution in [0.2, 0.25) is 5.02 Å². The molecule has 2 atom stereocenters. The topological polar surface area (TPSA) is 23.6 Å². The third kappa shape index (κ3) is 4.77. The van der Waals surface area contributed by atoms with E-state index in [1.807, 2.05) is 25.1 Å². The molecule has 2 unspecified atom stereocenters. The molecule has 0 bridgehead atoms. The molecule has 3 nitrogen and oxygen atoms in total. The molecule has 2 aromatic rings. The number of halogens is 6. The number of benzene rings is 2. The summed E-state index contributed by atoms with van der Waals surface area (Å²) in [7, 11) is -9.74. The van der Waals surface area contributed by atoms with Crippen molar-refractivity contribution >= 4 is 33.4 Å². The molecule has 2 aliphatic rings. The predicted octanol–water partition coefficient (Wildman–Crippen LogP) is 6.76. The zero-order valence-electron chi connectivity index (χ0n) is 16.7. The second kappa shape index (κ2) is 6.75. The summed E-state index contributed by atoms with van der Waals surface area (Å²) < 4.78 is 65.5. The van der Waals surface area contributed by atoms with Gasteiger partial charge in [0.15, 0.2) is 0 Å². The zero-order chi connectivity index (χ0) is 22.7. The summed E-state index contributed by atoms with van der Waals surface area (Å²) in [5, 5.41) is 0.633. The minimum absolute atomic E-state index is 0.134. The number of carbonyl (C=O) groups is 1. The van der Waals surface area contributed by atoms with Crippen molar-refractivity contribution in [2.45, 2.75) is 24.2 Å². The van der Waals surface area contributed by atoms with Crippen LogP contribution in [0, 0.1) is 12.8 Å². The van der Waals surface area contributed by atoms with Gasteiger partial charge >= 0.3 is 10.2 Å². The summed E-state index contributed by atoms with van der Waals surface area (Å²) in [6.07, 6.45) is 0.371. The summed E-state index contributed by atoms with van der Waals surface area (Å²) in [5.41, 5.74) is 2.23. The Morgan fingerprint density at radius 3 is 2.32 bits per heavy atom. The van der Waals surface area contributed by atoms with Gasteiger partial charge in [-0.05, 0) is 54.7 Å². The molecule has 0 N–H and O–H groups in total. The smallest absolute Gasteiger partial charge is 0.310 e. The first-order chi connectivity index (χ1) is 14.2. The van der Waals surface area contributed by atoms with Crippen molar-refractivity contribution in [3.8, 4) is 0 Å². The summed E-state index contributed by atoms with van der Waals surface area (Å²) in [5.74, 6) is -1.06. The quantitative estimate of drug-likeness (QED) is 0.451. The number of carbonyl (C=O) groups excluding carboxylic acids is 1. The Balaban J connectivity index is 1.40. The van der Waals surface area contributed by atoms with E-state index in [-0.39, 0.29) is 11.5 Å². The molecular formula is C21H22ClF5N2OS. The molecule has 4 rings (SSSR count). The van der Waals surface area contributed by atoms with Crippen LogP contribution in [-0.4, -0.2) is 37.0 Å². The van der Waals surface area contributed by atoms with Crippen molar-refractivity contribution in [2.24, 2.45) is 5.92 Å². The SMILES string of the molecule is Cc1ccc(Cl)cc1N1CCN(C(=O)C2CC2c2cccc(S(F)(F)(F)(F)F)c2)CC1. The first-order valence-corrected chi connectivity index (χ1v) is 12.2. The molecule has 1 amide bonds. The molecule has 1 heterocycles. The fourth-order valence-corrected chi connectivity index (χ4v) is 5.01. The largest absolute Gasteiger partial charge is 0.368 e. The number of piperazine rings is 1. The molecule has 1 aliphatic heterocycles. The van der Waals surface area contributed by atoms with Crippen LogP contribution in [0.3, 0.4) is 0 Å². The third-order valence-corrected chi connectivity index (χ3v) is 7.32. The van der Waals surface area contributed by atoms with Crippen molar-refractivity contribution in [1.29, 1.82) is 0 Å². The van der Waals surface area contributed by atoms with E-state index in [4.69, 9.17) is 11.6 Å². The Labute approximate surface area is 182 Å². The number of anilines is 1. The van der Waals surface area contributed by atoms with Crippen LogP contribution in [0.25, 0.3) is 0 Å². The van der Waals surface area contributed by atoms with Crippen molar-refractivity contribution in [3.05, 3.63) is 58.6 Å². The lowest BCUT2D eigenvalue weighted by atomic mass is 10.1. The molecule has 10 heteroatoms. The molecular weight excluding hydrogens is 459 g/mol. The van der Waals surface area contributed by atoms with Crippen molar-refractivity contribution in [3.63, 3.8) is 0 Å². The van der Waals surface area contributed by atoms with E-state index in [1.54, 1.807) is 4.90 Å². The number of rotatable bonds is 4. The fourth-order valence-electron chi connectivity index (χ4n) is 4.15. The molecule has 1 aliphatic carbocycles. The second-order valence-corrected chi connectivity index (χ2v) is 11.1. The van der Waals surface area contributed by atoms with Gasteiger partial charge in [-0.15, -0.1) is 0 Å². The molecule has 1 saturated heterocycles. The third-order valence-electron chi connectivity index (χ3n) is 5.94. The highest BCUT2D eigenvalue weighted by atomic mass is 35.5. The van der Waals surface area contributed by atoms with Gasteiger partial charge in [0, 0.05) is 42.8 Å². The fraction of sp³-hybridized carbons (Fsp3) is 0.381. The highest BCUT2D eigenvalue weighted by Gasteiger charge is 2.65. The lowest BCUT2D eigenvalue weighted by Crippen LogP contribution is -2.49. The molecule has 0 spiro atoms. The first-order valence-electron chi connectivity index (χ1n) is 9.87. The molecule has 31 heavy (non-hydrogen) atoms. The number of amides is 1. The normalized spacial score (nSPS) is 23.8. The molecule has 2 aromatic carbocycles. The van der Waals surface area contributed by atoms with Gasteiger partial charge in [-0.25, -0.2) is 0 Å². The van der Waals surface area contributed by atoms with E-state index in [1.165, 1.54) is 6.07 Å². The van der Waals surface area contributed by atoms with Crippen molar-refractivity contribution < 1.29 is 24.2 Å². The van der Waals surface area contributed by atoms with E-state index >= 15 is 0 Å². The summed E-state index contributed by atoms with van der Waals surface area (Å²) in [6, 6.07) is 8.89. The maximum atomic E-state index is 13.1. The lowest BCUT2D eigenvalue weighted by Gasteiger charge is -2.40. The van der Waals surface area contributed by atoms with Gasteiger partial charge in [0.05, 0.1) is 0 Å². The average molecular weight is 481 g/mol. The average Bonchev–Trinajstić information content (AvgIpc) is 3.49. The maximum Gasteiger partial charge on any atom is 0.310 e. The summed E-state index contributed by atoms with van der Waals surface area (Å²) in [4.78, 5) is 14.8. The van der Waals surface area contributed by atoms with Gasteiger partial charge in [0.1, 0.15) is 4.90 Å². The Morgan fingerprint density at radius 2 is 1.68 bits per heavy atom. The maximum absolute atomic E-state index is 13.1. The van der Waals surface area contributed by atoms with Crippen LogP contribution in [-0.2, 0) is 4.79 Å². The minimum Gasteiger partial charge on any atom is -0.368 e. The van der Waals surface area contributed by atoms with Crippen LogP contribution >= 0.6 is 21.8 Å². The Morgan fingerprint density at radius 1 is 1.00 bits per heavy atom. The van der Waals surface area contributed by atoms with Crippen molar-refractivity contribution in [1.82, 2.24) is 4.90 Å². The van der Waals surface area contributed by atoms with E-state index in [2.05, 4.69) is 4.90 Å². The molecule has 1 saturated carbocycles. The number of aryl methyl sites for hydroxylation is 1. The van der Waals surface area contributed by atoms with Gasteiger partial charge in [0.25, 0.3) is 0 Å². The number of hydrogen-bond donors (Lipinski definition) is 0. The van der Waals surface area contributed by atoms with E-state index in [0.29, 0.717) is 49.8 Å². The lowest BCUT2D eigenvalue weighted by molar-refractivity contribution is -0.133. The van der Waals surface area contributed by atoms with Gasteiger partial charge in [-0.2, -0.15) is 0 Å². The first kappa shape index (κ1) is 22.2. The van der Waals surface area contributed by atoms with Crippen LogP contribution < -0.4 is 4.90 Å². The standard InChI is InChI=1S/C21H22ClF5N2OS/c1-14-5-6-16(22)12-20(14)28-7-9-29(10-8-28)21(30)19-13-18(19)15-3-2-4-17(11-15)31(23,24,25,26)27/h2-6,11-12,18-19H,7-10,13H2,1H3. The molecule has 0 radical (unpaired) electrons. The zero-order valence-corrected chi connectivity index (χ0v) is 18.3. The Kier molecular flexibility index (Phi) is 4.83. The number of hydrogen-bond acceptors (Lipinski definition) is 2. The Bertz CT molecular complexity index is 1040. The van der Waals surface area contributed by atoms with Gasteiger partial charge in [-0.3, -0.25) is 4.79 Å². The van der Waals surface area contributed by atoms with E-state index < -0.39 is 27.0 Å². The molecule has 170 valence electrons. The van der Waals surface area contributed by atoms with Crippen LogP contribution in [0.15, 0.2) is 47.4 Å². The van der Waals surface area contributed by atoms with E-state index in [0.717, 1.165) is 17.3 Å². The van der Waals surface area contributed by atoms with E-state index in [9.17, 15) is 24.2 Å². The van der Waals surface area contributed by atoms with Gasteiger partial charge in [0.2, 0.25) is 5.91 Å². The van der Waals surface area contributed by atoms with Crippen LogP contribution in [0.5, 0.6) is 0 Å². The van der Waals surface area contributed by atoms with Gasteiger partial charge < -0.3 is 9.80 Å². The second-order valence-electron chi connectivity index (χ2n) is 8.23. The van der Waals surface area contributed by atoms with Crippen LogP contribution in [0.4, 0.5) is 25.1 Å². The Hall–Kier alpha value is -2.00. The van der Waals surface area contributed by atoms with Crippen molar-refractivity contribution in [2.75, 3.05) is 31.1 Å². The molecule has 2 fully saturated rings. The minimum atomic E-state index is -9.74. The highest BCUT2D eigenvalue weighted by molar-refractivity contribution is 8.45. The van der Waals surface area contributed by atoms with Gasteiger partial charge in [-0.1, -0.05) is 49.2 Å². The van der Waals surface area contributed by atoms with Crippen LogP contribution in [0.1, 0.15) is 23.5 Å². The predicted molar refractivity (Wildman–Crippen MR) is 114 cm³/mol. The molecule has 0 aromatic heterocycles. The summed E-state index contributed by atoms with van der Waals surface area (Å²) in [6.45, 7) is 4.19. The highest BCUT2D eigenvalue weighted by Crippen LogP contribution is 3.02.